The molecule has 3 nitrogen and oxygen atoms in total. The molecule has 3 heteroatoms. The standard InChI is InChI=1S/C13H26N2O/c1-3-15(11-5-4-6-12(2)16)13-7-9-14-10-8-13/h13-14H,3-11H2,1-2H3. The Hall–Kier alpha value is -0.410. The number of rotatable bonds is 7. The van der Waals surface area contributed by atoms with Gasteiger partial charge in [0.2, 0.25) is 0 Å². The highest BCUT2D eigenvalue weighted by atomic mass is 16.1. The largest absolute Gasteiger partial charge is 0.317 e. The second-order valence-corrected chi connectivity index (χ2v) is 4.77. The van der Waals surface area contributed by atoms with Crippen molar-refractivity contribution in [3.63, 3.8) is 0 Å². The summed E-state index contributed by atoms with van der Waals surface area (Å²) in [5.41, 5.74) is 0. The Bertz CT molecular complexity index is 200. The summed E-state index contributed by atoms with van der Waals surface area (Å²) in [6, 6.07) is 0.767. The van der Waals surface area contributed by atoms with Crippen LogP contribution < -0.4 is 5.32 Å². The van der Waals surface area contributed by atoms with Crippen molar-refractivity contribution in [3.8, 4) is 0 Å². The third kappa shape index (κ3) is 5.08. The Morgan fingerprint density at radius 3 is 2.56 bits per heavy atom. The highest BCUT2D eigenvalue weighted by Crippen LogP contribution is 2.12. The monoisotopic (exact) mass is 226 g/mol. The summed E-state index contributed by atoms with van der Waals surface area (Å²) in [6.45, 7) is 8.56. The molecular formula is C13H26N2O. The predicted octanol–water partition coefficient (Wildman–Crippen LogP) is 1.82. The van der Waals surface area contributed by atoms with Crippen molar-refractivity contribution in [1.82, 2.24) is 10.2 Å². The van der Waals surface area contributed by atoms with E-state index in [1.807, 2.05) is 0 Å². The summed E-state index contributed by atoms with van der Waals surface area (Å²) in [5, 5.41) is 3.40. The Morgan fingerprint density at radius 2 is 2.00 bits per heavy atom. The first-order valence-electron chi connectivity index (χ1n) is 6.68. The van der Waals surface area contributed by atoms with E-state index in [2.05, 4.69) is 17.1 Å². The van der Waals surface area contributed by atoms with E-state index in [1.165, 1.54) is 12.8 Å². The van der Waals surface area contributed by atoms with E-state index in [1.54, 1.807) is 6.92 Å². The quantitative estimate of drug-likeness (QED) is 0.672. The van der Waals surface area contributed by atoms with Gasteiger partial charge in [0, 0.05) is 12.5 Å². The fourth-order valence-corrected chi connectivity index (χ4v) is 2.46. The van der Waals surface area contributed by atoms with E-state index in [9.17, 15) is 4.79 Å². The van der Waals surface area contributed by atoms with Crippen LogP contribution in [0.3, 0.4) is 0 Å². The summed E-state index contributed by atoms with van der Waals surface area (Å²) in [4.78, 5) is 13.4. The van der Waals surface area contributed by atoms with Crippen molar-refractivity contribution in [1.29, 1.82) is 0 Å². The molecular weight excluding hydrogens is 200 g/mol. The second kappa shape index (κ2) is 7.80. The minimum Gasteiger partial charge on any atom is -0.317 e. The average molecular weight is 226 g/mol. The van der Waals surface area contributed by atoms with Crippen LogP contribution in [0.5, 0.6) is 0 Å². The number of carbonyl (C=O) groups excluding carboxylic acids is 1. The smallest absolute Gasteiger partial charge is 0.129 e. The van der Waals surface area contributed by atoms with E-state index < -0.39 is 0 Å². The number of nitrogens with one attached hydrogen (secondary N) is 1. The predicted molar refractivity (Wildman–Crippen MR) is 67.7 cm³/mol. The first-order valence-corrected chi connectivity index (χ1v) is 6.68. The number of Topliss-reactive ketones (excluding diaryl/α,β-unsaturated/α-hetero) is 1. The number of unbranched alkanes of at least 4 members (excludes halogenated alkanes) is 1. The van der Waals surface area contributed by atoms with Crippen molar-refractivity contribution in [2.45, 2.75) is 52.0 Å². The first-order chi connectivity index (χ1) is 7.74. The van der Waals surface area contributed by atoms with Gasteiger partial charge in [-0.15, -0.1) is 0 Å². The molecule has 0 saturated carbocycles. The van der Waals surface area contributed by atoms with Crippen LogP contribution >= 0.6 is 0 Å². The van der Waals surface area contributed by atoms with E-state index in [0.717, 1.165) is 51.5 Å². The lowest BCUT2D eigenvalue weighted by molar-refractivity contribution is -0.117. The molecule has 1 rings (SSSR count). The van der Waals surface area contributed by atoms with Crippen LogP contribution in [0, 0.1) is 0 Å². The van der Waals surface area contributed by atoms with Gasteiger partial charge in [-0.1, -0.05) is 6.92 Å². The summed E-state index contributed by atoms with van der Waals surface area (Å²) < 4.78 is 0. The second-order valence-electron chi connectivity index (χ2n) is 4.77. The molecule has 0 bridgehead atoms. The average Bonchev–Trinajstić information content (AvgIpc) is 2.30. The molecule has 1 fully saturated rings. The van der Waals surface area contributed by atoms with Gasteiger partial charge in [-0.3, -0.25) is 0 Å². The molecule has 0 aromatic rings. The lowest BCUT2D eigenvalue weighted by Crippen LogP contribution is -2.43. The Labute approximate surface area is 99.6 Å². The first kappa shape index (κ1) is 13.7. The maximum absolute atomic E-state index is 10.8. The third-order valence-electron chi connectivity index (χ3n) is 3.46. The van der Waals surface area contributed by atoms with Crippen molar-refractivity contribution in [2.75, 3.05) is 26.2 Å². The minimum absolute atomic E-state index is 0.324. The summed E-state index contributed by atoms with van der Waals surface area (Å²) in [6.07, 6.45) is 5.53. The molecule has 0 aliphatic carbocycles. The molecule has 1 saturated heterocycles. The maximum atomic E-state index is 10.8. The summed E-state index contributed by atoms with van der Waals surface area (Å²) in [5.74, 6) is 0.324. The number of hydrogen-bond donors (Lipinski definition) is 1. The summed E-state index contributed by atoms with van der Waals surface area (Å²) in [7, 11) is 0. The number of nitrogens with zero attached hydrogens (tertiary/aromatic N) is 1. The molecule has 1 aliphatic rings. The highest BCUT2D eigenvalue weighted by Gasteiger charge is 2.18. The molecule has 0 spiro atoms. The van der Waals surface area contributed by atoms with Crippen LogP contribution in [0.25, 0.3) is 0 Å². The summed E-state index contributed by atoms with van der Waals surface area (Å²) >= 11 is 0. The molecule has 94 valence electrons. The van der Waals surface area contributed by atoms with Crippen molar-refractivity contribution in [2.24, 2.45) is 0 Å². The van der Waals surface area contributed by atoms with Crippen LogP contribution in [0.4, 0.5) is 0 Å². The maximum Gasteiger partial charge on any atom is 0.129 e. The van der Waals surface area contributed by atoms with Gasteiger partial charge in [0.1, 0.15) is 5.78 Å². The lowest BCUT2D eigenvalue weighted by atomic mass is 10.0. The van der Waals surface area contributed by atoms with Crippen molar-refractivity contribution >= 4 is 5.78 Å². The topological polar surface area (TPSA) is 32.3 Å². The van der Waals surface area contributed by atoms with Crippen LogP contribution in [0.15, 0.2) is 0 Å². The van der Waals surface area contributed by atoms with Gasteiger partial charge in [0.05, 0.1) is 0 Å². The van der Waals surface area contributed by atoms with Gasteiger partial charge in [0.15, 0.2) is 0 Å². The number of hydrogen-bond acceptors (Lipinski definition) is 3. The Morgan fingerprint density at radius 1 is 1.31 bits per heavy atom. The normalized spacial score (nSPS) is 17.9. The van der Waals surface area contributed by atoms with Crippen LogP contribution in [0.1, 0.15) is 46.0 Å². The molecule has 16 heavy (non-hydrogen) atoms. The molecule has 0 unspecified atom stereocenters. The number of piperidine rings is 1. The third-order valence-corrected chi connectivity index (χ3v) is 3.46. The zero-order chi connectivity index (χ0) is 11.8. The molecule has 1 aliphatic heterocycles. The van der Waals surface area contributed by atoms with Gasteiger partial charge in [-0.05, 0) is 58.8 Å². The molecule has 1 heterocycles. The molecule has 1 N–H and O–H groups in total. The molecule has 0 atom stereocenters. The van der Waals surface area contributed by atoms with Gasteiger partial charge in [-0.25, -0.2) is 0 Å². The number of carbonyl (C=O) groups is 1. The SMILES string of the molecule is CCN(CCCCC(C)=O)C1CCNCC1. The fourth-order valence-electron chi connectivity index (χ4n) is 2.46. The fraction of sp³-hybridized carbons (Fsp3) is 0.923. The van der Waals surface area contributed by atoms with Crippen LogP contribution in [-0.4, -0.2) is 42.9 Å². The van der Waals surface area contributed by atoms with Gasteiger partial charge in [0.25, 0.3) is 0 Å². The zero-order valence-corrected chi connectivity index (χ0v) is 10.8. The number of ketones is 1. The Kier molecular flexibility index (Phi) is 6.65. The van der Waals surface area contributed by atoms with E-state index >= 15 is 0 Å². The molecule has 0 radical (unpaired) electrons. The van der Waals surface area contributed by atoms with E-state index in [0.29, 0.717) is 5.78 Å². The van der Waals surface area contributed by atoms with Crippen molar-refractivity contribution in [3.05, 3.63) is 0 Å². The molecule has 0 aromatic carbocycles. The van der Waals surface area contributed by atoms with Crippen LogP contribution in [-0.2, 0) is 4.79 Å². The van der Waals surface area contributed by atoms with Gasteiger partial charge in [-0.2, -0.15) is 0 Å². The van der Waals surface area contributed by atoms with E-state index in [-0.39, 0.29) is 0 Å². The van der Waals surface area contributed by atoms with E-state index in [4.69, 9.17) is 0 Å². The van der Waals surface area contributed by atoms with Gasteiger partial charge >= 0.3 is 0 Å². The minimum atomic E-state index is 0.324. The zero-order valence-electron chi connectivity index (χ0n) is 10.8. The highest BCUT2D eigenvalue weighted by molar-refractivity contribution is 5.75. The molecule has 0 aromatic heterocycles. The Balaban J connectivity index is 2.17. The van der Waals surface area contributed by atoms with Gasteiger partial charge < -0.3 is 15.0 Å². The molecule has 0 amide bonds. The lowest BCUT2D eigenvalue weighted by Gasteiger charge is -2.33. The van der Waals surface area contributed by atoms with Crippen LogP contribution in [0.2, 0.25) is 0 Å². The van der Waals surface area contributed by atoms with Crippen molar-refractivity contribution < 1.29 is 4.79 Å².